The number of amides is 1. The minimum atomic E-state index is -0.553. The molecular formula is C28H31N7O3. The second-order valence-electron chi connectivity index (χ2n) is 9.41. The molecule has 1 unspecified atom stereocenters. The molecule has 4 heterocycles. The molecule has 5 rings (SSSR count). The fourth-order valence-corrected chi connectivity index (χ4v) is 5.24. The van der Waals surface area contributed by atoms with Gasteiger partial charge < -0.3 is 30.8 Å². The van der Waals surface area contributed by atoms with Crippen molar-refractivity contribution in [1.29, 1.82) is 0 Å². The van der Waals surface area contributed by atoms with Gasteiger partial charge >= 0.3 is 0 Å². The topological polar surface area (TPSA) is 135 Å². The average Bonchev–Trinajstić information content (AvgIpc) is 2.96. The first-order chi connectivity index (χ1) is 18.5. The Morgan fingerprint density at radius 2 is 2.03 bits per heavy atom. The van der Waals surface area contributed by atoms with Crippen molar-refractivity contribution >= 4 is 29.8 Å². The fraction of sp³-hybridized carbons (Fsp3) is 0.321. The zero-order chi connectivity index (χ0) is 26.6. The van der Waals surface area contributed by atoms with Gasteiger partial charge in [-0.3, -0.25) is 4.79 Å². The number of carbonyl (C=O) groups is 2. The minimum Gasteiger partial charge on any atom is -0.479 e. The summed E-state index contributed by atoms with van der Waals surface area (Å²) in [6.07, 6.45) is 9.49. The highest BCUT2D eigenvalue weighted by Gasteiger charge is 2.26. The zero-order valence-electron chi connectivity index (χ0n) is 21.5. The molecule has 2 aromatic heterocycles. The number of fused-ring (bicyclic) bond motifs is 1. The minimum absolute atomic E-state index is 0.122. The van der Waals surface area contributed by atoms with Crippen LogP contribution in [0.5, 0.6) is 5.88 Å². The summed E-state index contributed by atoms with van der Waals surface area (Å²) in [5, 5.41) is 6.52. The number of pyridine rings is 1. The van der Waals surface area contributed by atoms with Gasteiger partial charge in [-0.1, -0.05) is 6.07 Å². The molecule has 0 spiro atoms. The number of nitrogens with zero attached hydrogens (tertiary/aromatic N) is 4. The molecule has 1 amide bonds. The number of methoxy groups -OCH3 is 1. The third-order valence-corrected chi connectivity index (χ3v) is 7.18. The van der Waals surface area contributed by atoms with Crippen molar-refractivity contribution in [2.45, 2.75) is 38.3 Å². The number of piperidine rings is 1. The third kappa shape index (κ3) is 4.95. The predicted molar refractivity (Wildman–Crippen MR) is 145 cm³/mol. The van der Waals surface area contributed by atoms with Crippen LogP contribution in [0.2, 0.25) is 0 Å². The maximum Gasteiger partial charge on any atom is 0.241 e. The van der Waals surface area contributed by atoms with Crippen LogP contribution < -0.4 is 21.1 Å². The Labute approximate surface area is 221 Å². The van der Waals surface area contributed by atoms with Crippen LogP contribution in [0.4, 0.5) is 11.5 Å². The number of aldehydes is 1. The van der Waals surface area contributed by atoms with Crippen molar-refractivity contribution < 1.29 is 14.3 Å². The van der Waals surface area contributed by atoms with E-state index >= 15 is 0 Å². The molecule has 0 bridgehead atoms. The van der Waals surface area contributed by atoms with E-state index in [2.05, 4.69) is 26.7 Å². The third-order valence-electron chi connectivity index (χ3n) is 7.18. The summed E-state index contributed by atoms with van der Waals surface area (Å²) >= 11 is 0. The Hall–Kier alpha value is -4.31. The summed E-state index contributed by atoms with van der Waals surface area (Å²) in [6, 6.07) is 7.48. The smallest absolute Gasteiger partial charge is 0.241 e. The fourth-order valence-electron chi connectivity index (χ4n) is 5.24. The van der Waals surface area contributed by atoms with Crippen LogP contribution >= 0.6 is 0 Å². The van der Waals surface area contributed by atoms with E-state index in [0.29, 0.717) is 35.5 Å². The van der Waals surface area contributed by atoms with E-state index < -0.39 is 6.04 Å². The van der Waals surface area contributed by atoms with Crippen molar-refractivity contribution in [1.82, 2.24) is 25.2 Å². The number of nitrogens with one attached hydrogen (secondary N) is 2. The molecule has 1 atom stereocenters. The van der Waals surface area contributed by atoms with Gasteiger partial charge in [-0.15, -0.1) is 0 Å². The van der Waals surface area contributed by atoms with Crippen LogP contribution in [0, 0.1) is 0 Å². The number of hydrogen-bond acceptors (Lipinski definition) is 9. The van der Waals surface area contributed by atoms with E-state index in [-0.39, 0.29) is 5.91 Å². The molecule has 10 heteroatoms. The van der Waals surface area contributed by atoms with Crippen LogP contribution in [0.3, 0.4) is 0 Å². The second-order valence-corrected chi connectivity index (χ2v) is 9.41. The predicted octanol–water partition coefficient (Wildman–Crippen LogP) is 3.29. The molecule has 0 saturated carbocycles. The Bertz CT molecular complexity index is 1380. The number of ether oxygens (including phenoxy) is 1. The summed E-state index contributed by atoms with van der Waals surface area (Å²) in [5.74, 6) is 1.37. The van der Waals surface area contributed by atoms with Gasteiger partial charge in [0.1, 0.15) is 18.1 Å². The van der Waals surface area contributed by atoms with Crippen LogP contribution in [0.1, 0.15) is 54.0 Å². The lowest BCUT2D eigenvalue weighted by Gasteiger charge is -2.32. The van der Waals surface area contributed by atoms with Crippen molar-refractivity contribution in [3.8, 4) is 17.3 Å². The van der Waals surface area contributed by atoms with Crippen LogP contribution in [-0.4, -0.2) is 52.2 Å². The number of anilines is 2. The molecule has 1 aromatic carbocycles. The summed E-state index contributed by atoms with van der Waals surface area (Å²) in [4.78, 5) is 39.1. The van der Waals surface area contributed by atoms with E-state index in [1.54, 1.807) is 25.5 Å². The van der Waals surface area contributed by atoms with Gasteiger partial charge in [0.05, 0.1) is 12.8 Å². The molecule has 2 aliphatic heterocycles. The second kappa shape index (κ2) is 11.0. The molecule has 0 radical (unpaired) electrons. The van der Waals surface area contributed by atoms with Gasteiger partial charge in [0.15, 0.2) is 5.69 Å². The molecule has 4 N–H and O–H groups in total. The SMILES string of the molecule is COc1nccnc1-c1cc2c(c(Nc3ccc(C4CCN(C(C)=O)CC4)c(CN)c3)n1)C(C=O)NC=C2. The van der Waals surface area contributed by atoms with Gasteiger partial charge in [0.2, 0.25) is 11.8 Å². The van der Waals surface area contributed by atoms with Crippen LogP contribution in [0.15, 0.2) is 42.9 Å². The zero-order valence-corrected chi connectivity index (χ0v) is 21.5. The van der Waals surface area contributed by atoms with Crippen molar-refractivity contribution in [2.75, 3.05) is 25.5 Å². The van der Waals surface area contributed by atoms with E-state index in [9.17, 15) is 9.59 Å². The quantitative estimate of drug-likeness (QED) is 0.407. The first-order valence-electron chi connectivity index (χ1n) is 12.7. The Morgan fingerprint density at radius 3 is 2.74 bits per heavy atom. The lowest BCUT2D eigenvalue weighted by atomic mass is 9.86. The van der Waals surface area contributed by atoms with E-state index in [1.807, 2.05) is 29.2 Å². The van der Waals surface area contributed by atoms with Gasteiger partial charge in [-0.2, -0.15) is 0 Å². The van der Waals surface area contributed by atoms with Gasteiger partial charge in [0, 0.05) is 50.2 Å². The lowest BCUT2D eigenvalue weighted by molar-refractivity contribution is -0.129. The number of hydrogen-bond donors (Lipinski definition) is 3. The molecular weight excluding hydrogens is 482 g/mol. The van der Waals surface area contributed by atoms with Crippen LogP contribution in [0.25, 0.3) is 17.5 Å². The molecule has 1 saturated heterocycles. The standard InChI is InChI=1S/C28H31N7O3/c1-17(37)35-11-6-18(7-12-35)22-4-3-21(13-20(22)15-29)33-27-25-19(5-8-30-24(25)16-36)14-23(34-27)26-28(38-2)32-10-9-31-26/h3-5,8-10,13-14,16,18,24,30H,6-7,11-12,15,29H2,1-2H3,(H,33,34). The first-order valence-corrected chi connectivity index (χ1v) is 12.7. The van der Waals surface area contributed by atoms with E-state index in [0.717, 1.165) is 54.6 Å². The normalized spacial score (nSPS) is 16.9. The van der Waals surface area contributed by atoms with E-state index in [4.69, 9.17) is 15.5 Å². The number of likely N-dealkylation sites (tertiary alicyclic amines) is 1. The number of benzene rings is 1. The largest absolute Gasteiger partial charge is 0.479 e. The molecule has 3 aromatic rings. The van der Waals surface area contributed by atoms with Crippen molar-refractivity contribution in [3.63, 3.8) is 0 Å². The molecule has 10 nitrogen and oxygen atoms in total. The van der Waals surface area contributed by atoms with Crippen molar-refractivity contribution in [3.05, 3.63) is 65.1 Å². The van der Waals surface area contributed by atoms with Crippen molar-refractivity contribution in [2.24, 2.45) is 5.73 Å². The van der Waals surface area contributed by atoms with Gasteiger partial charge in [0.25, 0.3) is 0 Å². The van der Waals surface area contributed by atoms with E-state index in [1.165, 1.54) is 12.7 Å². The molecule has 0 aliphatic carbocycles. The lowest BCUT2D eigenvalue weighted by Crippen LogP contribution is -2.36. The molecule has 1 fully saturated rings. The maximum atomic E-state index is 11.9. The number of nitrogens with two attached hydrogens (primary N) is 1. The summed E-state index contributed by atoms with van der Waals surface area (Å²) < 4.78 is 5.41. The number of aromatic nitrogens is 3. The summed E-state index contributed by atoms with van der Waals surface area (Å²) in [7, 11) is 1.54. The number of carbonyl (C=O) groups excluding carboxylic acids is 2. The average molecular weight is 514 g/mol. The number of rotatable bonds is 7. The monoisotopic (exact) mass is 513 g/mol. The Kier molecular flexibility index (Phi) is 7.32. The molecule has 2 aliphatic rings. The summed E-state index contributed by atoms with van der Waals surface area (Å²) in [5.41, 5.74) is 11.9. The maximum absolute atomic E-state index is 11.9. The Morgan fingerprint density at radius 1 is 1.24 bits per heavy atom. The van der Waals surface area contributed by atoms with Gasteiger partial charge in [-0.25, -0.2) is 15.0 Å². The highest BCUT2D eigenvalue weighted by Crippen LogP contribution is 2.37. The Balaban J connectivity index is 1.50. The highest BCUT2D eigenvalue weighted by atomic mass is 16.5. The summed E-state index contributed by atoms with van der Waals surface area (Å²) in [6.45, 7) is 3.52. The highest BCUT2D eigenvalue weighted by molar-refractivity contribution is 5.80. The van der Waals surface area contributed by atoms with Crippen LogP contribution in [-0.2, 0) is 16.1 Å². The molecule has 38 heavy (non-hydrogen) atoms. The first kappa shape index (κ1) is 25.3. The van der Waals surface area contributed by atoms with Gasteiger partial charge in [-0.05, 0) is 65.9 Å². The molecule has 196 valence electrons.